The van der Waals surface area contributed by atoms with Gasteiger partial charge in [-0.25, -0.2) is 4.79 Å². The van der Waals surface area contributed by atoms with Gasteiger partial charge in [0, 0.05) is 35.9 Å². The molecule has 1 aliphatic heterocycles. The third kappa shape index (κ3) is 5.03. The molecule has 2 aromatic rings. The second kappa shape index (κ2) is 8.91. The number of carbonyl (C=O) groups excluding carboxylic acids is 2. The molecule has 29 heavy (non-hydrogen) atoms. The number of hydrogen-bond acceptors (Lipinski definition) is 6. The molecule has 1 amide bonds. The predicted octanol–water partition coefficient (Wildman–Crippen LogP) is 3.95. The van der Waals surface area contributed by atoms with Crippen LogP contribution < -0.4 is 10.2 Å². The fourth-order valence-electron chi connectivity index (χ4n) is 3.16. The van der Waals surface area contributed by atoms with Crippen molar-refractivity contribution < 1.29 is 19.2 Å². The van der Waals surface area contributed by atoms with E-state index in [9.17, 15) is 19.7 Å². The largest absolute Gasteiger partial charge is 0.452 e. The number of benzene rings is 2. The molecule has 9 heteroatoms. The predicted molar refractivity (Wildman–Crippen MR) is 110 cm³/mol. The summed E-state index contributed by atoms with van der Waals surface area (Å²) in [6.07, 6.45) is 1.96. The molecule has 0 atom stereocenters. The first-order chi connectivity index (χ1) is 13.8. The summed E-state index contributed by atoms with van der Waals surface area (Å²) in [4.78, 5) is 37.3. The lowest BCUT2D eigenvalue weighted by molar-refractivity contribution is -0.384. The van der Waals surface area contributed by atoms with Crippen molar-refractivity contribution in [1.82, 2.24) is 0 Å². The number of nitro benzene ring substituents is 1. The second-order valence-electron chi connectivity index (χ2n) is 6.74. The first-order valence-corrected chi connectivity index (χ1v) is 9.49. The van der Waals surface area contributed by atoms with Crippen molar-refractivity contribution in [3.05, 3.63) is 62.7 Å². The van der Waals surface area contributed by atoms with Crippen LogP contribution in [-0.2, 0) is 9.53 Å². The number of rotatable bonds is 6. The number of esters is 1. The molecule has 0 radical (unpaired) electrons. The van der Waals surface area contributed by atoms with Crippen LogP contribution in [-0.4, -0.2) is 36.5 Å². The minimum atomic E-state index is -0.784. The maximum atomic E-state index is 12.6. The molecule has 0 spiro atoms. The van der Waals surface area contributed by atoms with Gasteiger partial charge in [0.25, 0.3) is 11.6 Å². The number of aryl methyl sites for hydroxylation is 1. The van der Waals surface area contributed by atoms with Gasteiger partial charge in [-0.15, -0.1) is 0 Å². The smallest absolute Gasteiger partial charge is 0.341 e. The molecule has 0 unspecified atom stereocenters. The molecule has 152 valence electrons. The molecule has 0 bridgehead atoms. The number of anilines is 2. The van der Waals surface area contributed by atoms with Gasteiger partial charge < -0.3 is 15.0 Å². The fourth-order valence-corrected chi connectivity index (χ4v) is 3.33. The molecule has 3 rings (SSSR count). The van der Waals surface area contributed by atoms with E-state index < -0.39 is 23.4 Å². The average Bonchev–Trinajstić information content (AvgIpc) is 3.23. The third-order valence-corrected chi connectivity index (χ3v) is 4.90. The highest BCUT2D eigenvalue weighted by atomic mass is 35.5. The van der Waals surface area contributed by atoms with Gasteiger partial charge in [-0.05, 0) is 43.5 Å². The zero-order chi connectivity index (χ0) is 21.0. The Bertz CT molecular complexity index is 957. The van der Waals surface area contributed by atoms with Crippen LogP contribution in [0.3, 0.4) is 0 Å². The summed E-state index contributed by atoms with van der Waals surface area (Å²) in [6.45, 7) is 2.80. The van der Waals surface area contributed by atoms with Gasteiger partial charge in [-0.2, -0.15) is 0 Å². The van der Waals surface area contributed by atoms with E-state index in [4.69, 9.17) is 16.3 Å². The molecule has 0 saturated carbocycles. The topological polar surface area (TPSA) is 102 Å². The first-order valence-electron chi connectivity index (χ1n) is 9.11. The summed E-state index contributed by atoms with van der Waals surface area (Å²) in [5.74, 6) is -1.31. The Morgan fingerprint density at radius 2 is 1.93 bits per heavy atom. The van der Waals surface area contributed by atoms with Crippen LogP contribution in [0.4, 0.5) is 17.1 Å². The molecule has 1 N–H and O–H groups in total. The van der Waals surface area contributed by atoms with Gasteiger partial charge in [-0.1, -0.05) is 17.7 Å². The summed E-state index contributed by atoms with van der Waals surface area (Å²) in [5, 5.41) is 14.2. The van der Waals surface area contributed by atoms with E-state index in [1.807, 2.05) is 11.8 Å². The lowest BCUT2D eigenvalue weighted by Gasteiger charge is -2.20. The lowest BCUT2D eigenvalue weighted by atomic mass is 10.1. The Morgan fingerprint density at radius 1 is 1.21 bits per heavy atom. The van der Waals surface area contributed by atoms with Crippen LogP contribution in [0.1, 0.15) is 28.8 Å². The summed E-state index contributed by atoms with van der Waals surface area (Å²) in [5.41, 5.74) is 1.77. The summed E-state index contributed by atoms with van der Waals surface area (Å²) in [7, 11) is 0. The highest BCUT2D eigenvalue weighted by molar-refractivity contribution is 6.31. The molecule has 1 heterocycles. The number of amides is 1. The van der Waals surface area contributed by atoms with E-state index in [1.165, 1.54) is 12.1 Å². The van der Waals surface area contributed by atoms with Crippen molar-refractivity contribution in [1.29, 1.82) is 0 Å². The molecular formula is C20H20ClN3O5. The zero-order valence-electron chi connectivity index (χ0n) is 15.8. The number of hydrogen-bond donors (Lipinski definition) is 1. The Kier molecular flexibility index (Phi) is 6.33. The average molecular weight is 418 g/mol. The van der Waals surface area contributed by atoms with Crippen LogP contribution in [0.25, 0.3) is 0 Å². The molecule has 1 aliphatic rings. The minimum Gasteiger partial charge on any atom is -0.452 e. The fraction of sp³-hybridized carbons (Fsp3) is 0.300. The lowest BCUT2D eigenvalue weighted by Crippen LogP contribution is -2.24. The summed E-state index contributed by atoms with van der Waals surface area (Å²) < 4.78 is 5.13. The molecule has 0 aliphatic carbocycles. The Morgan fingerprint density at radius 3 is 2.62 bits per heavy atom. The van der Waals surface area contributed by atoms with E-state index in [0.717, 1.165) is 31.5 Å². The first kappa shape index (κ1) is 20.6. The summed E-state index contributed by atoms with van der Waals surface area (Å²) in [6, 6.07) is 9.16. The third-order valence-electron chi connectivity index (χ3n) is 4.67. The van der Waals surface area contributed by atoms with Gasteiger partial charge in [0.15, 0.2) is 6.61 Å². The van der Waals surface area contributed by atoms with Gasteiger partial charge in [0.05, 0.1) is 16.2 Å². The Balaban J connectivity index is 1.72. The molecule has 8 nitrogen and oxygen atoms in total. The molecule has 1 saturated heterocycles. The van der Waals surface area contributed by atoms with Crippen LogP contribution in [0.2, 0.25) is 5.02 Å². The number of nitrogens with one attached hydrogen (secondary N) is 1. The number of nitrogens with zero attached hydrogens (tertiary/aromatic N) is 2. The van der Waals surface area contributed by atoms with Crippen LogP contribution >= 0.6 is 11.6 Å². The Labute approximate surface area is 172 Å². The zero-order valence-corrected chi connectivity index (χ0v) is 16.6. The molecule has 0 aromatic heterocycles. The van der Waals surface area contributed by atoms with Crippen LogP contribution in [0, 0.1) is 17.0 Å². The van der Waals surface area contributed by atoms with Crippen molar-refractivity contribution >= 4 is 40.5 Å². The number of carbonyl (C=O) groups is 2. The summed E-state index contributed by atoms with van der Waals surface area (Å²) >= 11 is 5.93. The van der Waals surface area contributed by atoms with Crippen LogP contribution in [0.5, 0.6) is 0 Å². The SMILES string of the molecule is Cc1ccc(Cl)cc1NC(=O)COC(=O)c1cc([N+](=O)[O-])ccc1N1CCCC1. The van der Waals surface area contributed by atoms with Crippen molar-refractivity contribution in [2.24, 2.45) is 0 Å². The Hall–Kier alpha value is -3.13. The quantitative estimate of drug-likeness (QED) is 0.433. The number of halogens is 1. The van der Waals surface area contributed by atoms with Gasteiger partial charge in [0.2, 0.25) is 0 Å². The monoisotopic (exact) mass is 417 g/mol. The minimum absolute atomic E-state index is 0.0767. The second-order valence-corrected chi connectivity index (χ2v) is 7.17. The molecule has 1 fully saturated rings. The van der Waals surface area contributed by atoms with E-state index in [0.29, 0.717) is 16.4 Å². The van der Waals surface area contributed by atoms with Gasteiger partial charge in [-0.3, -0.25) is 14.9 Å². The highest BCUT2D eigenvalue weighted by Crippen LogP contribution is 2.29. The normalized spacial score (nSPS) is 13.2. The van der Waals surface area contributed by atoms with E-state index in [2.05, 4.69) is 5.32 Å². The van der Waals surface area contributed by atoms with Crippen molar-refractivity contribution in [2.45, 2.75) is 19.8 Å². The van der Waals surface area contributed by atoms with Crippen molar-refractivity contribution in [2.75, 3.05) is 29.9 Å². The van der Waals surface area contributed by atoms with Crippen molar-refractivity contribution in [3.63, 3.8) is 0 Å². The number of ether oxygens (including phenoxy) is 1. The van der Waals surface area contributed by atoms with Gasteiger partial charge in [0.1, 0.15) is 0 Å². The number of non-ortho nitro benzene ring substituents is 1. The standard InChI is InChI=1S/C20H20ClN3O5/c1-13-4-5-14(21)10-17(13)22-19(25)12-29-20(26)16-11-15(24(27)28)6-7-18(16)23-8-2-3-9-23/h4-7,10-11H,2-3,8-9,12H2,1H3,(H,22,25). The van der Waals surface area contributed by atoms with Crippen molar-refractivity contribution in [3.8, 4) is 0 Å². The highest BCUT2D eigenvalue weighted by Gasteiger charge is 2.24. The number of nitro groups is 1. The van der Waals surface area contributed by atoms with E-state index in [1.54, 1.807) is 24.3 Å². The van der Waals surface area contributed by atoms with E-state index >= 15 is 0 Å². The molecular weight excluding hydrogens is 398 g/mol. The maximum absolute atomic E-state index is 12.6. The van der Waals surface area contributed by atoms with Gasteiger partial charge >= 0.3 is 5.97 Å². The molecule has 2 aromatic carbocycles. The maximum Gasteiger partial charge on any atom is 0.341 e. The van der Waals surface area contributed by atoms with Crippen LogP contribution in [0.15, 0.2) is 36.4 Å². The van der Waals surface area contributed by atoms with E-state index in [-0.39, 0.29) is 11.3 Å².